The number of hydrogen-bond donors (Lipinski definition) is 2. The van der Waals surface area contributed by atoms with Gasteiger partial charge in [0.2, 0.25) is 17.8 Å². The minimum Gasteiger partial charge on any atom is -0.497 e. The second-order valence-electron chi connectivity index (χ2n) is 5.96. The third kappa shape index (κ3) is 3.90. The van der Waals surface area contributed by atoms with Crippen molar-refractivity contribution >= 4 is 23.5 Å². The van der Waals surface area contributed by atoms with Gasteiger partial charge in [-0.3, -0.25) is 9.59 Å². The van der Waals surface area contributed by atoms with Gasteiger partial charge in [-0.2, -0.15) is 0 Å². The monoisotopic (exact) mass is 361 g/mol. The number of nitrogens with zero attached hydrogens (tertiary/aromatic N) is 5. The van der Waals surface area contributed by atoms with Crippen molar-refractivity contribution in [1.29, 1.82) is 0 Å². The summed E-state index contributed by atoms with van der Waals surface area (Å²) in [6.07, 6.45) is 0.419. The molecule has 0 bridgehead atoms. The fourth-order valence-electron chi connectivity index (χ4n) is 2.32. The van der Waals surface area contributed by atoms with Gasteiger partial charge >= 0.3 is 0 Å². The van der Waals surface area contributed by atoms with E-state index in [1.807, 2.05) is 6.92 Å². The molecule has 140 valence electrons. The quantitative estimate of drug-likeness (QED) is 0.736. The first-order valence-electron chi connectivity index (χ1n) is 8.05. The number of aromatic nitrogens is 4. The summed E-state index contributed by atoms with van der Waals surface area (Å²) < 4.78 is 6.27. The van der Waals surface area contributed by atoms with Crippen molar-refractivity contribution in [3.8, 4) is 5.75 Å². The lowest BCUT2D eigenvalue weighted by Crippen LogP contribution is -2.55. The number of hydrogen-bond acceptors (Lipinski definition) is 7. The van der Waals surface area contributed by atoms with E-state index < -0.39 is 5.54 Å². The van der Waals surface area contributed by atoms with Crippen LogP contribution < -0.4 is 15.8 Å². The van der Waals surface area contributed by atoms with Crippen LogP contribution >= 0.6 is 0 Å². The Kier molecular flexibility index (Phi) is 5.75. The highest BCUT2D eigenvalue weighted by Gasteiger charge is 2.38. The minimum absolute atomic E-state index is 0.0348. The number of carbonyl (C=O) groups is 2. The molecule has 0 aliphatic heterocycles. The molecule has 0 fully saturated rings. The molecule has 1 atom stereocenters. The fraction of sp³-hybridized carbons (Fsp3) is 0.438. The lowest BCUT2D eigenvalue weighted by atomic mass is 9.95. The number of carbonyl (C=O) groups excluding carboxylic acids is 2. The zero-order chi connectivity index (χ0) is 19.3. The van der Waals surface area contributed by atoms with E-state index in [2.05, 4.69) is 20.8 Å². The Hall–Kier alpha value is -3.17. The predicted molar refractivity (Wildman–Crippen MR) is 95.3 cm³/mol. The molecule has 0 aliphatic rings. The summed E-state index contributed by atoms with van der Waals surface area (Å²) >= 11 is 0. The van der Waals surface area contributed by atoms with E-state index in [0.717, 1.165) is 0 Å². The van der Waals surface area contributed by atoms with Gasteiger partial charge in [0.05, 0.1) is 7.11 Å². The van der Waals surface area contributed by atoms with Gasteiger partial charge in [-0.15, -0.1) is 0 Å². The molecule has 0 radical (unpaired) electrons. The first-order chi connectivity index (χ1) is 12.3. The van der Waals surface area contributed by atoms with Crippen molar-refractivity contribution in [3.05, 3.63) is 24.3 Å². The molecule has 1 heterocycles. The largest absolute Gasteiger partial charge is 0.497 e. The van der Waals surface area contributed by atoms with Gasteiger partial charge in [0, 0.05) is 12.7 Å². The van der Waals surface area contributed by atoms with E-state index in [9.17, 15) is 9.59 Å². The van der Waals surface area contributed by atoms with E-state index in [1.54, 1.807) is 45.3 Å². The highest BCUT2D eigenvalue weighted by Crippen LogP contribution is 2.22. The fourth-order valence-corrected chi connectivity index (χ4v) is 2.32. The summed E-state index contributed by atoms with van der Waals surface area (Å²) in [5.74, 6) is 0.0872. The second-order valence-corrected chi connectivity index (χ2v) is 5.96. The van der Waals surface area contributed by atoms with Crippen LogP contribution in [-0.2, 0) is 16.1 Å². The van der Waals surface area contributed by atoms with Gasteiger partial charge < -0.3 is 20.7 Å². The Balaban J connectivity index is 2.12. The Morgan fingerprint density at radius 3 is 2.50 bits per heavy atom. The molecule has 0 saturated heterocycles. The number of tetrazole rings is 1. The third-order valence-corrected chi connectivity index (χ3v) is 4.48. The molecule has 2 rings (SSSR count). The Morgan fingerprint density at radius 1 is 1.35 bits per heavy atom. The first-order valence-corrected chi connectivity index (χ1v) is 8.05. The van der Waals surface area contributed by atoms with Crippen molar-refractivity contribution in [3.63, 3.8) is 0 Å². The highest BCUT2D eigenvalue weighted by atomic mass is 16.5. The summed E-state index contributed by atoms with van der Waals surface area (Å²) in [4.78, 5) is 26.8. The van der Waals surface area contributed by atoms with Crippen molar-refractivity contribution < 1.29 is 14.3 Å². The minimum atomic E-state index is -1.06. The maximum absolute atomic E-state index is 12.8. The van der Waals surface area contributed by atoms with E-state index in [4.69, 9.17) is 10.5 Å². The van der Waals surface area contributed by atoms with Crippen LogP contribution in [0.5, 0.6) is 5.75 Å². The molecular formula is C16H23N7O3. The van der Waals surface area contributed by atoms with Crippen LogP contribution in [0.15, 0.2) is 24.3 Å². The Morgan fingerprint density at radius 2 is 2.00 bits per heavy atom. The smallest absolute Gasteiger partial charge is 0.250 e. The number of ether oxygens (including phenoxy) is 1. The topological polar surface area (TPSA) is 128 Å². The van der Waals surface area contributed by atoms with Crippen LogP contribution in [0.25, 0.3) is 0 Å². The third-order valence-electron chi connectivity index (χ3n) is 4.48. The number of anilines is 2. The van der Waals surface area contributed by atoms with E-state index >= 15 is 0 Å². The molecule has 1 aromatic heterocycles. The molecule has 10 nitrogen and oxygen atoms in total. The molecular weight excluding hydrogens is 338 g/mol. The Bertz CT molecular complexity index is 774. The molecule has 10 heteroatoms. The molecule has 26 heavy (non-hydrogen) atoms. The van der Waals surface area contributed by atoms with E-state index in [-0.39, 0.29) is 24.3 Å². The number of benzene rings is 1. The highest BCUT2D eigenvalue weighted by molar-refractivity contribution is 6.00. The van der Waals surface area contributed by atoms with Crippen molar-refractivity contribution in [1.82, 2.24) is 25.1 Å². The number of nitrogens with one attached hydrogen (secondary N) is 1. The molecule has 0 aliphatic carbocycles. The zero-order valence-corrected chi connectivity index (χ0v) is 15.3. The lowest BCUT2D eigenvalue weighted by molar-refractivity contribution is -0.143. The van der Waals surface area contributed by atoms with Crippen LogP contribution in [-0.4, -0.2) is 56.6 Å². The summed E-state index contributed by atoms with van der Waals surface area (Å²) in [5.41, 5.74) is 5.14. The summed E-state index contributed by atoms with van der Waals surface area (Å²) in [6.45, 7) is 3.39. The Labute approximate surface area is 151 Å². The number of rotatable bonds is 7. The van der Waals surface area contributed by atoms with Gasteiger partial charge in [0.15, 0.2) is 0 Å². The molecule has 2 aromatic rings. The van der Waals surface area contributed by atoms with Crippen LogP contribution in [0.4, 0.5) is 11.6 Å². The molecule has 3 N–H and O–H groups in total. The summed E-state index contributed by atoms with van der Waals surface area (Å²) in [7, 11) is 3.14. The van der Waals surface area contributed by atoms with Gasteiger partial charge in [-0.05, 0) is 48.0 Å². The van der Waals surface area contributed by atoms with Gasteiger partial charge in [-0.25, -0.2) is 4.68 Å². The molecule has 0 spiro atoms. The van der Waals surface area contributed by atoms with Crippen molar-refractivity contribution in [2.75, 3.05) is 25.2 Å². The van der Waals surface area contributed by atoms with Crippen molar-refractivity contribution in [2.45, 2.75) is 32.4 Å². The first kappa shape index (κ1) is 19.2. The summed E-state index contributed by atoms with van der Waals surface area (Å²) in [6, 6.07) is 6.95. The maximum Gasteiger partial charge on any atom is 0.250 e. The van der Waals surface area contributed by atoms with Crippen LogP contribution in [0.1, 0.15) is 20.3 Å². The number of amides is 2. The molecule has 1 aromatic carbocycles. The number of likely N-dealkylation sites (N-methyl/N-ethyl adjacent to an activating group) is 1. The second kappa shape index (κ2) is 7.81. The SMILES string of the molecule is CC[C@](C)(C(=O)Nc1ccc(OC)cc1)N(C)C(=O)Cn1nnnc1N. The predicted octanol–water partition coefficient (Wildman–Crippen LogP) is 0.530. The number of nitrogens with two attached hydrogens (primary N) is 1. The van der Waals surface area contributed by atoms with Crippen LogP contribution in [0, 0.1) is 0 Å². The van der Waals surface area contributed by atoms with Crippen molar-refractivity contribution in [2.24, 2.45) is 0 Å². The zero-order valence-electron chi connectivity index (χ0n) is 15.3. The van der Waals surface area contributed by atoms with Gasteiger partial charge in [0.25, 0.3) is 0 Å². The van der Waals surface area contributed by atoms with E-state index in [1.165, 1.54) is 9.58 Å². The van der Waals surface area contributed by atoms with Crippen LogP contribution in [0.2, 0.25) is 0 Å². The number of nitrogen functional groups attached to an aromatic ring is 1. The van der Waals surface area contributed by atoms with E-state index in [0.29, 0.717) is 17.9 Å². The standard InChI is InChI=1S/C16H23N7O3/c1-5-16(2,14(25)18-11-6-8-12(26-4)9-7-11)22(3)13(24)10-23-15(17)19-20-21-23/h6-9H,5,10H2,1-4H3,(H,18,25)(H2,17,19,21)/t16-/m1/s1. The normalized spacial score (nSPS) is 12.9. The maximum atomic E-state index is 12.8. The average Bonchev–Trinajstić information content (AvgIpc) is 3.05. The lowest BCUT2D eigenvalue weighted by Gasteiger charge is -2.36. The molecule has 0 unspecified atom stereocenters. The molecule has 0 saturated carbocycles. The molecule has 2 amide bonds. The summed E-state index contributed by atoms with van der Waals surface area (Å²) in [5, 5.41) is 13.4. The van der Waals surface area contributed by atoms with Gasteiger partial charge in [0.1, 0.15) is 17.8 Å². The number of methoxy groups -OCH3 is 1. The van der Waals surface area contributed by atoms with Gasteiger partial charge in [-0.1, -0.05) is 12.0 Å². The average molecular weight is 361 g/mol. The van der Waals surface area contributed by atoms with Crippen LogP contribution in [0.3, 0.4) is 0 Å².